The molecule has 0 unspecified atom stereocenters. The highest BCUT2D eigenvalue weighted by molar-refractivity contribution is 5.90. The lowest BCUT2D eigenvalue weighted by Crippen LogP contribution is -2.33. The van der Waals surface area contributed by atoms with E-state index < -0.39 is 18.0 Å². The summed E-state index contributed by atoms with van der Waals surface area (Å²) in [4.78, 5) is 32.4. The molecule has 0 spiro atoms. The van der Waals surface area contributed by atoms with Gasteiger partial charge in [-0.3, -0.25) is 14.5 Å². The van der Waals surface area contributed by atoms with E-state index in [1.54, 1.807) is 12.1 Å². The Morgan fingerprint density at radius 2 is 2.06 bits per heavy atom. The number of nitrogens with two attached hydrogens (primary N) is 1. The van der Waals surface area contributed by atoms with Crippen molar-refractivity contribution >= 4 is 29.1 Å². The van der Waals surface area contributed by atoms with E-state index in [2.05, 4.69) is 5.32 Å². The molecule has 2 heterocycles. The predicted molar refractivity (Wildman–Crippen MR) is 122 cm³/mol. The fraction of sp³-hybridized carbons (Fsp3) is 0.391. The molecule has 1 atom stereocenters. The molecule has 0 radical (unpaired) electrons. The van der Waals surface area contributed by atoms with Crippen LogP contribution in [-0.2, 0) is 20.9 Å². The fourth-order valence-corrected chi connectivity index (χ4v) is 3.97. The van der Waals surface area contributed by atoms with E-state index in [-0.39, 0.29) is 19.0 Å². The minimum absolute atomic E-state index is 0.201. The maximum absolute atomic E-state index is 15.0. The summed E-state index contributed by atoms with van der Waals surface area (Å²) in [6.07, 6.45) is -1.03. The SMILES string of the molecule is CC(=O)NC[C@H]1CN(c2ccc(N3CCON(Cc4cccc(N)c4)CC3)c(F)c2)C(=O)O1. The Labute approximate surface area is 191 Å². The van der Waals surface area contributed by atoms with E-state index >= 15 is 4.39 Å². The number of ether oxygens (including phenoxy) is 1. The van der Waals surface area contributed by atoms with Gasteiger partial charge in [-0.05, 0) is 35.9 Å². The third kappa shape index (κ3) is 5.71. The molecule has 9 nitrogen and oxygen atoms in total. The van der Waals surface area contributed by atoms with Crippen molar-refractivity contribution in [3.05, 3.63) is 53.8 Å². The van der Waals surface area contributed by atoms with Gasteiger partial charge in [-0.15, -0.1) is 0 Å². The molecule has 2 amide bonds. The van der Waals surface area contributed by atoms with E-state index in [4.69, 9.17) is 15.3 Å². The van der Waals surface area contributed by atoms with Gasteiger partial charge in [0.05, 0.1) is 31.1 Å². The number of nitrogen functional groups attached to an aromatic ring is 1. The zero-order valence-corrected chi connectivity index (χ0v) is 18.5. The number of hydrogen-bond donors (Lipinski definition) is 2. The van der Waals surface area contributed by atoms with Gasteiger partial charge in [0, 0.05) is 38.8 Å². The van der Waals surface area contributed by atoms with Gasteiger partial charge in [-0.1, -0.05) is 12.1 Å². The molecule has 2 saturated heterocycles. The topological polar surface area (TPSA) is 100 Å². The fourth-order valence-electron chi connectivity index (χ4n) is 3.97. The second kappa shape index (κ2) is 10.1. The van der Waals surface area contributed by atoms with E-state index in [1.165, 1.54) is 17.9 Å². The predicted octanol–water partition coefficient (Wildman–Crippen LogP) is 2.12. The summed E-state index contributed by atoms with van der Waals surface area (Å²) in [5.74, 6) is -0.623. The van der Waals surface area contributed by atoms with E-state index in [9.17, 15) is 9.59 Å². The number of nitrogens with one attached hydrogen (secondary N) is 1. The van der Waals surface area contributed by atoms with E-state index in [1.807, 2.05) is 34.2 Å². The van der Waals surface area contributed by atoms with Gasteiger partial charge in [0.1, 0.15) is 11.9 Å². The Morgan fingerprint density at radius 3 is 2.82 bits per heavy atom. The van der Waals surface area contributed by atoms with Crippen molar-refractivity contribution in [1.82, 2.24) is 10.4 Å². The van der Waals surface area contributed by atoms with Crippen LogP contribution in [0.3, 0.4) is 0 Å². The minimum atomic E-state index is -0.558. The molecule has 2 aromatic carbocycles. The van der Waals surface area contributed by atoms with Crippen LogP contribution in [0.2, 0.25) is 0 Å². The molecule has 3 N–H and O–H groups in total. The Bertz CT molecular complexity index is 1020. The second-order valence-electron chi connectivity index (χ2n) is 8.12. The Hall–Kier alpha value is -3.37. The molecule has 2 fully saturated rings. The molecular formula is C23H28FN5O4. The number of rotatable bonds is 6. The molecule has 4 rings (SSSR count). The lowest BCUT2D eigenvalue weighted by atomic mass is 10.2. The van der Waals surface area contributed by atoms with Gasteiger partial charge in [-0.25, -0.2) is 9.18 Å². The van der Waals surface area contributed by atoms with Crippen molar-refractivity contribution in [3.63, 3.8) is 0 Å². The lowest BCUT2D eigenvalue weighted by Gasteiger charge is -2.24. The number of halogens is 1. The molecule has 2 aliphatic heterocycles. The summed E-state index contributed by atoms with van der Waals surface area (Å²) < 4.78 is 20.3. The number of nitrogens with zero attached hydrogens (tertiary/aromatic N) is 3. The van der Waals surface area contributed by atoms with E-state index in [0.29, 0.717) is 49.8 Å². The summed E-state index contributed by atoms with van der Waals surface area (Å²) >= 11 is 0. The smallest absolute Gasteiger partial charge is 0.414 e. The van der Waals surface area contributed by atoms with Crippen LogP contribution in [0, 0.1) is 5.82 Å². The largest absolute Gasteiger partial charge is 0.442 e. The van der Waals surface area contributed by atoms with Crippen LogP contribution in [0.5, 0.6) is 0 Å². The van der Waals surface area contributed by atoms with Gasteiger partial charge in [-0.2, -0.15) is 5.06 Å². The minimum Gasteiger partial charge on any atom is -0.442 e. The zero-order chi connectivity index (χ0) is 23.4. The van der Waals surface area contributed by atoms with E-state index in [0.717, 1.165) is 5.56 Å². The summed E-state index contributed by atoms with van der Waals surface area (Å²) in [6, 6.07) is 12.4. The highest BCUT2D eigenvalue weighted by Crippen LogP contribution is 2.28. The number of hydroxylamine groups is 2. The quantitative estimate of drug-likeness (QED) is 0.641. The van der Waals surface area contributed by atoms with Crippen LogP contribution >= 0.6 is 0 Å². The Kier molecular flexibility index (Phi) is 6.95. The third-order valence-electron chi connectivity index (χ3n) is 5.60. The van der Waals surface area contributed by atoms with Crippen molar-refractivity contribution in [3.8, 4) is 0 Å². The Morgan fingerprint density at radius 1 is 1.21 bits per heavy atom. The maximum Gasteiger partial charge on any atom is 0.414 e. The molecule has 0 aliphatic carbocycles. The summed E-state index contributed by atoms with van der Waals surface area (Å²) in [6.45, 7) is 4.60. The Balaban J connectivity index is 1.38. The zero-order valence-electron chi connectivity index (χ0n) is 18.5. The molecule has 2 aromatic rings. The van der Waals surface area contributed by atoms with Gasteiger partial charge in [0.2, 0.25) is 5.91 Å². The number of benzene rings is 2. The average molecular weight is 458 g/mol. The molecule has 33 heavy (non-hydrogen) atoms. The first-order valence-corrected chi connectivity index (χ1v) is 10.9. The first kappa shape index (κ1) is 22.8. The monoisotopic (exact) mass is 457 g/mol. The highest BCUT2D eigenvalue weighted by Gasteiger charge is 2.33. The van der Waals surface area contributed by atoms with Crippen molar-refractivity contribution in [2.45, 2.75) is 19.6 Å². The van der Waals surface area contributed by atoms with Crippen molar-refractivity contribution in [1.29, 1.82) is 0 Å². The lowest BCUT2D eigenvalue weighted by molar-refractivity contribution is -0.154. The third-order valence-corrected chi connectivity index (χ3v) is 5.60. The van der Waals surface area contributed by atoms with Crippen molar-refractivity contribution < 1.29 is 23.6 Å². The van der Waals surface area contributed by atoms with Crippen molar-refractivity contribution in [2.75, 3.05) is 54.9 Å². The standard InChI is InChI=1S/C23H28FN5O4/c1-16(30)26-13-20-15-29(23(31)33-20)19-5-6-22(21(24)12-19)27-7-8-28(32-10-9-27)14-17-3-2-4-18(25)11-17/h2-6,11-12,20H,7-10,13-15,25H2,1H3,(H,26,30)/t20-/m0/s1. The molecule has 176 valence electrons. The number of carbonyl (C=O) groups is 2. The summed E-state index contributed by atoms with van der Waals surface area (Å²) in [5.41, 5.74) is 8.48. The van der Waals surface area contributed by atoms with Gasteiger partial charge >= 0.3 is 6.09 Å². The van der Waals surface area contributed by atoms with Gasteiger partial charge in [0.25, 0.3) is 0 Å². The second-order valence-corrected chi connectivity index (χ2v) is 8.12. The first-order valence-electron chi connectivity index (χ1n) is 10.9. The number of amides is 2. The van der Waals surface area contributed by atoms with Crippen LogP contribution in [0.4, 0.5) is 26.2 Å². The van der Waals surface area contributed by atoms with Gasteiger partial charge < -0.3 is 20.7 Å². The van der Waals surface area contributed by atoms with Crippen LogP contribution < -0.4 is 20.9 Å². The summed E-state index contributed by atoms with van der Waals surface area (Å²) in [7, 11) is 0. The number of carbonyl (C=O) groups excluding carboxylic acids is 2. The molecule has 2 aliphatic rings. The summed E-state index contributed by atoms with van der Waals surface area (Å²) in [5, 5.41) is 4.48. The average Bonchev–Trinajstić information content (AvgIpc) is 2.99. The number of anilines is 3. The molecule has 0 saturated carbocycles. The van der Waals surface area contributed by atoms with Crippen LogP contribution in [-0.4, -0.2) is 62.5 Å². The highest BCUT2D eigenvalue weighted by atomic mass is 19.1. The van der Waals surface area contributed by atoms with Crippen LogP contribution in [0.25, 0.3) is 0 Å². The van der Waals surface area contributed by atoms with Gasteiger partial charge in [0.15, 0.2) is 0 Å². The molecule has 0 bridgehead atoms. The normalized spacial score (nSPS) is 19.3. The molecule has 0 aromatic heterocycles. The molecule has 10 heteroatoms. The number of cyclic esters (lactones) is 1. The van der Waals surface area contributed by atoms with Crippen molar-refractivity contribution in [2.24, 2.45) is 0 Å². The molecular weight excluding hydrogens is 429 g/mol. The number of hydrogen-bond acceptors (Lipinski definition) is 7. The maximum atomic E-state index is 15.0. The first-order chi connectivity index (χ1) is 15.9. The van der Waals surface area contributed by atoms with Crippen LogP contribution in [0.1, 0.15) is 12.5 Å². The van der Waals surface area contributed by atoms with Crippen LogP contribution in [0.15, 0.2) is 42.5 Å².